The van der Waals surface area contributed by atoms with Gasteiger partial charge in [0.05, 0.1) is 10.2 Å². The summed E-state index contributed by atoms with van der Waals surface area (Å²) in [6.45, 7) is 1.49. The molecule has 0 aliphatic rings. The number of aliphatic carboxylic acids is 1. The second-order valence-corrected chi connectivity index (χ2v) is 6.71. The van der Waals surface area contributed by atoms with E-state index < -0.39 is 12.1 Å². The molecule has 0 saturated heterocycles. The topological polar surface area (TPSA) is 62.7 Å². The molecule has 0 aliphatic heterocycles. The molecular formula is C17H15ClN2O3S. The SMILES string of the molecule is CC(Oc1ccc(N(C)c2nc3cc(Cl)ccc3s2)cc1)C(=O)O. The van der Waals surface area contributed by atoms with Gasteiger partial charge in [0.15, 0.2) is 11.2 Å². The van der Waals surface area contributed by atoms with Crippen molar-refractivity contribution in [3.05, 3.63) is 47.5 Å². The zero-order valence-electron chi connectivity index (χ0n) is 13.1. The molecule has 1 atom stereocenters. The summed E-state index contributed by atoms with van der Waals surface area (Å²) in [5.41, 5.74) is 1.79. The van der Waals surface area contributed by atoms with E-state index in [-0.39, 0.29) is 0 Å². The van der Waals surface area contributed by atoms with E-state index in [2.05, 4.69) is 4.98 Å². The minimum atomic E-state index is -0.996. The molecule has 1 unspecified atom stereocenters. The minimum Gasteiger partial charge on any atom is -0.479 e. The summed E-state index contributed by atoms with van der Waals surface area (Å²) in [6.07, 6.45) is -0.886. The Balaban J connectivity index is 1.81. The van der Waals surface area contributed by atoms with E-state index in [0.717, 1.165) is 21.0 Å². The first-order chi connectivity index (χ1) is 11.4. The fraction of sp³-hybridized carbons (Fsp3) is 0.176. The number of carboxylic acid groups (broad SMARTS) is 1. The quantitative estimate of drug-likeness (QED) is 0.720. The van der Waals surface area contributed by atoms with Gasteiger partial charge in [-0.25, -0.2) is 9.78 Å². The van der Waals surface area contributed by atoms with Gasteiger partial charge in [-0.3, -0.25) is 0 Å². The molecule has 0 aliphatic carbocycles. The predicted molar refractivity (Wildman–Crippen MR) is 96.9 cm³/mol. The van der Waals surface area contributed by atoms with Gasteiger partial charge >= 0.3 is 5.97 Å². The molecule has 1 heterocycles. The van der Waals surface area contributed by atoms with Crippen LogP contribution in [-0.4, -0.2) is 29.2 Å². The third-order valence-corrected chi connectivity index (χ3v) is 4.86. The van der Waals surface area contributed by atoms with Crippen molar-refractivity contribution in [1.29, 1.82) is 0 Å². The van der Waals surface area contributed by atoms with Crippen molar-refractivity contribution < 1.29 is 14.6 Å². The maximum atomic E-state index is 10.8. The van der Waals surface area contributed by atoms with Crippen molar-refractivity contribution >= 4 is 49.9 Å². The van der Waals surface area contributed by atoms with E-state index in [0.29, 0.717) is 10.8 Å². The molecule has 5 nitrogen and oxygen atoms in total. The highest BCUT2D eigenvalue weighted by Crippen LogP contribution is 2.33. The van der Waals surface area contributed by atoms with Crippen LogP contribution in [0.2, 0.25) is 5.02 Å². The van der Waals surface area contributed by atoms with E-state index in [1.807, 2.05) is 42.3 Å². The molecule has 0 bridgehead atoms. The molecule has 1 aromatic heterocycles. The van der Waals surface area contributed by atoms with Crippen LogP contribution in [0.3, 0.4) is 0 Å². The van der Waals surface area contributed by atoms with Gasteiger partial charge in [0.2, 0.25) is 0 Å². The number of anilines is 2. The predicted octanol–water partition coefficient (Wildman–Crippen LogP) is 4.57. The molecule has 0 amide bonds. The van der Waals surface area contributed by atoms with Gasteiger partial charge in [0.25, 0.3) is 0 Å². The largest absolute Gasteiger partial charge is 0.479 e. The third kappa shape index (κ3) is 3.44. The number of hydrogen-bond acceptors (Lipinski definition) is 5. The fourth-order valence-electron chi connectivity index (χ4n) is 2.15. The molecule has 3 rings (SSSR count). The zero-order valence-corrected chi connectivity index (χ0v) is 14.6. The molecule has 1 N–H and O–H groups in total. The normalized spacial score (nSPS) is 12.1. The number of halogens is 1. The molecule has 24 heavy (non-hydrogen) atoms. The molecule has 0 fully saturated rings. The molecule has 124 valence electrons. The summed E-state index contributed by atoms with van der Waals surface area (Å²) in [5, 5.41) is 10.4. The zero-order chi connectivity index (χ0) is 17.3. The number of fused-ring (bicyclic) bond motifs is 1. The van der Waals surface area contributed by atoms with Gasteiger partial charge in [-0.2, -0.15) is 0 Å². The standard InChI is InChI=1S/C17H15ClN2O3S/c1-10(16(21)22)23-13-6-4-12(5-7-13)20(2)17-19-14-9-11(18)3-8-15(14)24-17/h3-10H,1-2H3,(H,21,22). The van der Waals surface area contributed by atoms with Crippen LogP contribution in [0.15, 0.2) is 42.5 Å². The van der Waals surface area contributed by atoms with Crippen LogP contribution in [0, 0.1) is 0 Å². The van der Waals surface area contributed by atoms with Crippen molar-refractivity contribution in [2.24, 2.45) is 0 Å². The van der Waals surface area contributed by atoms with Crippen LogP contribution in [0.5, 0.6) is 5.75 Å². The van der Waals surface area contributed by atoms with E-state index in [1.165, 1.54) is 6.92 Å². The average molecular weight is 363 g/mol. The lowest BCUT2D eigenvalue weighted by Crippen LogP contribution is -2.22. The molecule has 2 aromatic carbocycles. The van der Waals surface area contributed by atoms with Gasteiger partial charge in [-0.1, -0.05) is 22.9 Å². The number of ether oxygens (including phenoxy) is 1. The highest BCUT2D eigenvalue weighted by molar-refractivity contribution is 7.22. The molecular weight excluding hydrogens is 348 g/mol. The Kier molecular flexibility index (Phi) is 4.59. The van der Waals surface area contributed by atoms with Gasteiger partial charge in [0.1, 0.15) is 5.75 Å². The highest BCUT2D eigenvalue weighted by Gasteiger charge is 2.14. The third-order valence-electron chi connectivity index (χ3n) is 3.51. The Labute approximate surface area is 148 Å². The van der Waals surface area contributed by atoms with Crippen molar-refractivity contribution in [2.75, 3.05) is 11.9 Å². The number of aromatic nitrogens is 1. The summed E-state index contributed by atoms with van der Waals surface area (Å²) in [4.78, 5) is 17.4. The Morgan fingerprint density at radius 1 is 1.29 bits per heavy atom. The number of rotatable bonds is 5. The van der Waals surface area contributed by atoms with Crippen molar-refractivity contribution in [1.82, 2.24) is 4.98 Å². The summed E-state index contributed by atoms with van der Waals surface area (Å²) in [6, 6.07) is 12.9. The highest BCUT2D eigenvalue weighted by atomic mass is 35.5. The van der Waals surface area contributed by atoms with Gasteiger partial charge < -0.3 is 14.7 Å². The lowest BCUT2D eigenvalue weighted by atomic mass is 10.3. The van der Waals surface area contributed by atoms with Crippen LogP contribution in [0.1, 0.15) is 6.92 Å². The number of carbonyl (C=O) groups is 1. The van der Waals surface area contributed by atoms with Gasteiger partial charge in [0, 0.05) is 17.8 Å². The number of thiazole rings is 1. The van der Waals surface area contributed by atoms with Crippen LogP contribution in [0.25, 0.3) is 10.2 Å². The Morgan fingerprint density at radius 2 is 2.00 bits per heavy atom. The van der Waals surface area contributed by atoms with E-state index in [9.17, 15) is 4.79 Å². The van der Waals surface area contributed by atoms with Crippen LogP contribution in [-0.2, 0) is 4.79 Å². The molecule has 0 saturated carbocycles. The smallest absolute Gasteiger partial charge is 0.344 e. The Morgan fingerprint density at radius 3 is 2.67 bits per heavy atom. The molecule has 0 radical (unpaired) electrons. The number of benzene rings is 2. The molecule has 0 spiro atoms. The second kappa shape index (κ2) is 6.67. The molecule has 3 aromatic rings. The summed E-state index contributed by atoms with van der Waals surface area (Å²) in [5.74, 6) is -0.484. The van der Waals surface area contributed by atoms with Crippen LogP contribution < -0.4 is 9.64 Å². The summed E-state index contributed by atoms with van der Waals surface area (Å²) >= 11 is 7.58. The van der Waals surface area contributed by atoms with E-state index >= 15 is 0 Å². The van der Waals surface area contributed by atoms with Crippen molar-refractivity contribution in [2.45, 2.75) is 13.0 Å². The van der Waals surface area contributed by atoms with E-state index in [1.54, 1.807) is 23.5 Å². The van der Waals surface area contributed by atoms with Gasteiger partial charge in [-0.15, -0.1) is 0 Å². The first-order valence-electron chi connectivity index (χ1n) is 7.23. The number of hydrogen-bond donors (Lipinski definition) is 1. The maximum absolute atomic E-state index is 10.8. The minimum absolute atomic E-state index is 0.512. The lowest BCUT2D eigenvalue weighted by molar-refractivity contribution is -0.144. The maximum Gasteiger partial charge on any atom is 0.344 e. The van der Waals surface area contributed by atoms with E-state index in [4.69, 9.17) is 21.4 Å². The molecule has 7 heteroatoms. The first-order valence-corrected chi connectivity index (χ1v) is 8.43. The number of carboxylic acids is 1. The monoisotopic (exact) mass is 362 g/mol. The average Bonchev–Trinajstić information content (AvgIpc) is 2.97. The van der Waals surface area contributed by atoms with Crippen molar-refractivity contribution in [3.8, 4) is 5.75 Å². The number of nitrogens with zero attached hydrogens (tertiary/aromatic N) is 2. The first kappa shape index (κ1) is 16.5. The van der Waals surface area contributed by atoms with Crippen molar-refractivity contribution in [3.63, 3.8) is 0 Å². The lowest BCUT2D eigenvalue weighted by Gasteiger charge is -2.17. The Bertz CT molecular complexity index is 879. The van der Waals surface area contributed by atoms with Crippen LogP contribution in [0.4, 0.5) is 10.8 Å². The fourth-order valence-corrected chi connectivity index (χ4v) is 3.24. The second-order valence-electron chi connectivity index (χ2n) is 5.26. The van der Waals surface area contributed by atoms with Gasteiger partial charge in [-0.05, 0) is 49.4 Å². The summed E-state index contributed by atoms with van der Waals surface area (Å²) in [7, 11) is 1.93. The Hall–Kier alpha value is -2.31. The van der Waals surface area contributed by atoms with Crippen LogP contribution >= 0.6 is 22.9 Å². The summed E-state index contributed by atoms with van der Waals surface area (Å²) < 4.78 is 6.40.